The minimum absolute atomic E-state index is 0.0156. The highest BCUT2D eigenvalue weighted by Crippen LogP contribution is 2.55. The molecular weight excluding hydrogens is 406 g/mol. The number of imidazole rings is 1. The highest BCUT2D eigenvalue weighted by molar-refractivity contribution is 5.64. The zero-order valence-corrected chi connectivity index (χ0v) is 14.7. The van der Waals surface area contributed by atoms with Gasteiger partial charge in [0.1, 0.15) is 5.82 Å². The lowest BCUT2D eigenvalue weighted by Crippen LogP contribution is -2.26. The smallest absolute Gasteiger partial charge is 0.402 e. The summed E-state index contributed by atoms with van der Waals surface area (Å²) in [5, 5.41) is 9.79. The number of nitrogens with zero attached hydrogens (tertiary/aromatic N) is 3. The number of anilines is 1. The van der Waals surface area contributed by atoms with E-state index in [2.05, 4.69) is 14.7 Å². The van der Waals surface area contributed by atoms with Gasteiger partial charge in [0.05, 0.1) is 5.69 Å². The topological polar surface area (TPSA) is 86.2 Å². The lowest BCUT2D eigenvalue weighted by molar-refractivity contribution is -0.274. The Bertz CT molecular complexity index is 900. The van der Waals surface area contributed by atoms with Gasteiger partial charge in [-0.2, -0.15) is 13.2 Å². The largest absolute Gasteiger partial charge is 0.573 e. The number of hydrogen-bond acceptors (Lipinski definition) is 5. The number of nitrogen functional groups attached to an aromatic ring is 1. The van der Waals surface area contributed by atoms with Crippen LogP contribution in [0.5, 0.6) is 5.75 Å². The van der Waals surface area contributed by atoms with Gasteiger partial charge in [0.15, 0.2) is 11.6 Å². The highest BCUT2D eigenvalue weighted by Gasteiger charge is 2.49. The van der Waals surface area contributed by atoms with Crippen molar-refractivity contribution in [3.63, 3.8) is 0 Å². The molecule has 2 aromatic rings. The van der Waals surface area contributed by atoms with Crippen molar-refractivity contribution in [1.82, 2.24) is 14.5 Å². The number of alkyl halides is 6. The molecule has 3 N–H and O–H groups in total. The standard InChI is InChI=1S/C17H16F6N4O2/c18-16(19,20)13(28)15-26-10(6-27(15)11-3-7-1-8(11)2-7)9-4-12(14(24)25-5-9)29-17(21,22)23/h4-8,11,13,28H,1-3H2,(H2,24,25)/t7?,8?,11-,13?/m0/s1. The van der Waals surface area contributed by atoms with Gasteiger partial charge in [0.2, 0.25) is 6.10 Å². The third-order valence-corrected chi connectivity index (χ3v) is 5.47. The van der Waals surface area contributed by atoms with Crippen LogP contribution in [-0.2, 0) is 0 Å². The van der Waals surface area contributed by atoms with Crippen molar-refractivity contribution < 1.29 is 36.2 Å². The molecule has 12 heteroatoms. The first-order chi connectivity index (χ1) is 13.4. The molecule has 2 aromatic heterocycles. The predicted octanol–water partition coefficient (Wildman–Crippen LogP) is 3.99. The minimum atomic E-state index is -5.02. The molecule has 0 spiro atoms. The molecule has 29 heavy (non-hydrogen) atoms. The van der Waals surface area contributed by atoms with E-state index in [4.69, 9.17) is 5.73 Å². The van der Waals surface area contributed by atoms with Crippen LogP contribution in [0.1, 0.15) is 37.2 Å². The fourth-order valence-electron chi connectivity index (χ4n) is 4.13. The zero-order valence-electron chi connectivity index (χ0n) is 14.7. The first kappa shape index (κ1) is 19.8. The van der Waals surface area contributed by atoms with Gasteiger partial charge in [-0.05, 0) is 37.2 Å². The van der Waals surface area contributed by atoms with E-state index in [1.807, 2.05) is 0 Å². The second kappa shape index (κ2) is 6.51. The van der Waals surface area contributed by atoms with Gasteiger partial charge >= 0.3 is 12.5 Å². The molecule has 3 aliphatic carbocycles. The molecule has 1 unspecified atom stereocenters. The van der Waals surface area contributed by atoms with Crippen molar-refractivity contribution in [2.45, 2.75) is 43.9 Å². The number of hydrogen-bond donors (Lipinski definition) is 2. The maximum Gasteiger partial charge on any atom is 0.573 e. The zero-order chi connectivity index (χ0) is 21.1. The molecule has 6 nitrogen and oxygen atoms in total. The average Bonchev–Trinajstić information content (AvgIpc) is 3.25. The Morgan fingerprint density at radius 3 is 2.41 bits per heavy atom. The molecular formula is C17H16F6N4O2. The number of ether oxygens (including phenoxy) is 1. The molecule has 3 saturated carbocycles. The first-order valence-corrected chi connectivity index (χ1v) is 8.77. The van der Waals surface area contributed by atoms with Crippen molar-refractivity contribution in [2.75, 3.05) is 5.73 Å². The average molecular weight is 422 g/mol. The fourth-order valence-corrected chi connectivity index (χ4v) is 4.13. The maximum absolute atomic E-state index is 13.1. The van der Waals surface area contributed by atoms with E-state index < -0.39 is 36.0 Å². The predicted molar refractivity (Wildman–Crippen MR) is 87.4 cm³/mol. The van der Waals surface area contributed by atoms with Crippen LogP contribution in [-0.4, -0.2) is 32.2 Å². The Morgan fingerprint density at radius 1 is 1.17 bits per heavy atom. The van der Waals surface area contributed by atoms with E-state index in [0.717, 1.165) is 25.1 Å². The number of aliphatic hydroxyl groups excluding tert-OH is 1. The maximum atomic E-state index is 13.1. The Hall–Kier alpha value is -2.50. The summed E-state index contributed by atoms with van der Waals surface area (Å²) in [7, 11) is 0. The molecule has 2 atom stereocenters. The van der Waals surface area contributed by atoms with Crippen LogP contribution in [0.2, 0.25) is 0 Å². The summed E-state index contributed by atoms with van der Waals surface area (Å²) in [6.07, 6.45) is -7.92. The summed E-state index contributed by atoms with van der Waals surface area (Å²) >= 11 is 0. The molecule has 0 aromatic carbocycles. The van der Waals surface area contributed by atoms with Crippen LogP contribution >= 0.6 is 0 Å². The van der Waals surface area contributed by atoms with Crippen LogP contribution < -0.4 is 10.5 Å². The van der Waals surface area contributed by atoms with Crippen LogP contribution in [0.25, 0.3) is 11.3 Å². The summed E-state index contributed by atoms with van der Waals surface area (Å²) in [6.45, 7) is 0. The molecule has 5 rings (SSSR count). The van der Waals surface area contributed by atoms with Gasteiger partial charge in [-0.3, -0.25) is 0 Å². The normalized spacial score (nSPS) is 25.0. The highest BCUT2D eigenvalue weighted by atomic mass is 19.4. The fraction of sp³-hybridized carbons (Fsp3) is 0.529. The molecule has 158 valence electrons. The summed E-state index contributed by atoms with van der Waals surface area (Å²) in [6, 6.07) is 0.654. The number of fused-ring (bicyclic) bond motifs is 1. The molecule has 0 radical (unpaired) electrons. The number of aromatic nitrogens is 3. The van der Waals surface area contributed by atoms with E-state index in [0.29, 0.717) is 12.3 Å². The Morgan fingerprint density at radius 2 is 1.86 bits per heavy atom. The summed E-state index contributed by atoms with van der Waals surface area (Å²) in [5.74, 6) is -1.30. The summed E-state index contributed by atoms with van der Waals surface area (Å²) in [5.41, 5.74) is 5.31. The molecule has 0 saturated heterocycles. The van der Waals surface area contributed by atoms with Crippen LogP contribution in [0.4, 0.5) is 32.2 Å². The van der Waals surface area contributed by atoms with Crippen molar-refractivity contribution >= 4 is 5.82 Å². The van der Waals surface area contributed by atoms with E-state index in [9.17, 15) is 31.4 Å². The molecule has 0 aliphatic heterocycles. The van der Waals surface area contributed by atoms with Crippen molar-refractivity contribution in [3.05, 3.63) is 24.3 Å². The summed E-state index contributed by atoms with van der Waals surface area (Å²) in [4.78, 5) is 7.50. The monoisotopic (exact) mass is 422 g/mol. The van der Waals surface area contributed by atoms with Gasteiger partial charge in [0.25, 0.3) is 0 Å². The molecule has 2 bridgehead atoms. The van der Waals surface area contributed by atoms with Crippen LogP contribution in [0.3, 0.4) is 0 Å². The number of nitrogens with two attached hydrogens (primary N) is 1. The van der Waals surface area contributed by atoms with Crippen LogP contribution in [0.15, 0.2) is 18.5 Å². The summed E-state index contributed by atoms with van der Waals surface area (Å²) < 4.78 is 82.1. The molecule has 0 amide bonds. The molecule has 3 aliphatic rings. The lowest BCUT2D eigenvalue weighted by Gasteiger charge is -2.26. The Labute approximate surface area is 160 Å². The lowest BCUT2D eigenvalue weighted by atomic mass is 9.84. The van der Waals surface area contributed by atoms with Gasteiger partial charge in [0, 0.05) is 24.0 Å². The number of aliphatic hydroxyl groups is 1. The van der Waals surface area contributed by atoms with Crippen LogP contribution in [0, 0.1) is 11.8 Å². The second-order valence-electron chi connectivity index (χ2n) is 7.39. The Balaban J connectivity index is 1.75. The van der Waals surface area contributed by atoms with Crippen molar-refractivity contribution in [3.8, 4) is 17.0 Å². The van der Waals surface area contributed by atoms with E-state index in [1.54, 1.807) is 0 Å². The quantitative estimate of drug-likeness (QED) is 0.728. The number of halogens is 6. The molecule has 3 fully saturated rings. The molecule has 2 heterocycles. The third kappa shape index (κ3) is 3.72. The number of pyridine rings is 1. The minimum Gasteiger partial charge on any atom is -0.402 e. The Kier molecular flexibility index (Phi) is 4.44. The van der Waals surface area contributed by atoms with Crippen molar-refractivity contribution in [1.29, 1.82) is 0 Å². The van der Waals surface area contributed by atoms with Gasteiger partial charge in [-0.1, -0.05) is 0 Å². The van der Waals surface area contributed by atoms with Gasteiger partial charge in [-0.15, -0.1) is 13.2 Å². The van der Waals surface area contributed by atoms with Gasteiger partial charge < -0.3 is 20.1 Å². The second-order valence-corrected chi connectivity index (χ2v) is 7.39. The first-order valence-electron chi connectivity index (χ1n) is 8.77. The van der Waals surface area contributed by atoms with E-state index in [-0.39, 0.29) is 23.2 Å². The SMILES string of the molecule is Nc1ncc(-c2cn([C@H]3CC4CC3C4)c(C(O)C(F)(F)F)n2)cc1OC(F)(F)F. The van der Waals surface area contributed by atoms with Gasteiger partial charge in [-0.25, -0.2) is 9.97 Å². The third-order valence-electron chi connectivity index (χ3n) is 5.47. The number of rotatable bonds is 4. The van der Waals surface area contributed by atoms with Crippen molar-refractivity contribution in [2.24, 2.45) is 11.8 Å². The van der Waals surface area contributed by atoms with E-state index >= 15 is 0 Å². The van der Waals surface area contributed by atoms with E-state index in [1.165, 1.54) is 10.8 Å².